The average molecular weight is 511 g/mol. The van der Waals surface area contributed by atoms with Crippen LogP contribution in [0.5, 0.6) is 23.0 Å². The van der Waals surface area contributed by atoms with Gasteiger partial charge in [-0.1, -0.05) is 60.7 Å². The van der Waals surface area contributed by atoms with Gasteiger partial charge in [-0.05, 0) is 66.1 Å². The van der Waals surface area contributed by atoms with Crippen molar-refractivity contribution in [1.29, 1.82) is 0 Å². The number of carbonyl (C=O) groups is 1. The smallest absolute Gasteiger partial charge is 0.280 e. The first-order valence-corrected chi connectivity index (χ1v) is 12.2. The number of rotatable bonds is 12. The normalized spacial score (nSPS) is 11.5. The number of carbonyl (C=O) groups excluding carboxylic acids is 1. The van der Waals surface area contributed by atoms with Gasteiger partial charge in [-0.2, -0.15) is 5.10 Å². The zero-order chi connectivity index (χ0) is 26.6. The highest BCUT2D eigenvalue weighted by Gasteiger charge is 2.14. The van der Waals surface area contributed by atoms with E-state index >= 15 is 0 Å². The van der Waals surface area contributed by atoms with Crippen LogP contribution < -0.4 is 24.4 Å². The summed E-state index contributed by atoms with van der Waals surface area (Å²) in [4.78, 5) is 12.4. The van der Waals surface area contributed by atoms with Crippen LogP contribution in [0.2, 0.25) is 0 Å². The van der Waals surface area contributed by atoms with Gasteiger partial charge in [0.2, 0.25) is 0 Å². The minimum Gasteiger partial charge on any atom is -0.493 e. The Morgan fingerprint density at radius 2 is 1.39 bits per heavy atom. The summed E-state index contributed by atoms with van der Waals surface area (Å²) in [6, 6.07) is 32.4. The van der Waals surface area contributed by atoms with Gasteiger partial charge in [-0.3, -0.25) is 4.79 Å². The van der Waals surface area contributed by atoms with E-state index < -0.39 is 6.10 Å². The summed E-state index contributed by atoms with van der Waals surface area (Å²) in [5, 5.41) is 4.05. The van der Waals surface area contributed by atoms with Crippen molar-refractivity contribution >= 4 is 12.1 Å². The fourth-order valence-corrected chi connectivity index (χ4v) is 3.49. The average Bonchev–Trinajstić information content (AvgIpc) is 2.97. The van der Waals surface area contributed by atoms with Gasteiger partial charge in [0.05, 0.1) is 13.3 Å². The molecule has 0 radical (unpaired) electrons. The van der Waals surface area contributed by atoms with Crippen LogP contribution in [0.3, 0.4) is 0 Å². The molecule has 0 fully saturated rings. The molecule has 0 heterocycles. The van der Waals surface area contributed by atoms with Crippen molar-refractivity contribution in [3.8, 4) is 23.0 Å². The molecule has 0 spiro atoms. The van der Waals surface area contributed by atoms with E-state index in [2.05, 4.69) is 10.5 Å². The molecule has 1 N–H and O–H groups in total. The summed E-state index contributed by atoms with van der Waals surface area (Å²) in [6.07, 6.45) is 0.791. The fourth-order valence-electron chi connectivity index (χ4n) is 3.49. The van der Waals surface area contributed by atoms with Gasteiger partial charge >= 0.3 is 0 Å². The number of methoxy groups -OCH3 is 1. The summed E-state index contributed by atoms with van der Waals surface area (Å²) in [5.41, 5.74) is 5.40. The Bertz CT molecular complexity index is 1330. The SMILES string of the molecule is COc1cc(/C=N\NC(=O)[C@@H](C)Oc2ccc(OCc3ccccc3)cc2)ccc1OCc1ccccc1. The Labute approximate surface area is 222 Å². The zero-order valence-corrected chi connectivity index (χ0v) is 21.4. The molecule has 0 unspecified atom stereocenters. The van der Waals surface area contributed by atoms with Crippen LogP contribution in [0.15, 0.2) is 108 Å². The van der Waals surface area contributed by atoms with E-state index in [0.29, 0.717) is 30.5 Å². The van der Waals surface area contributed by atoms with Crippen LogP contribution >= 0.6 is 0 Å². The summed E-state index contributed by atoms with van der Waals surface area (Å²) < 4.78 is 22.8. The van der Waals surface area contributed by atoms with Crippen molar-refractivity contribution in [2.45, 2.75) is 26.2 Å². The first-order chi connectivity index (χ1) is 18.6. The number of hydrogen-bond donors (Lipinski definition) is 1. The number of nitrogens with one attached hydrogen (secondary N) is 1. The molecule has 0 aliphatic rings. The monoisotopic (exact) mass is 510 g/mol. The molecular formula is C31H30N2O5. The number of amides is 1. The van der Waals surface area contributed by atoms with E-state index in [9.17, 15) is 4.79 Å². The topological polar surface area (TPSA) is 78.4 Å². The molecule has 4 aromatic rings. The number of nitrogens with zero attached hydrogens (tertiary/aromatic N) is 1. The lowest BCUT2D eigenvalue weighted by Gasteiger charge is -2.14. The van der Waals surface area contributed by atoms with Gasteiger partial charge in [-0.15, -0.1) is 0 Å². The Kier molecular flexibility index (Phi) is 9.34. The molecule has 1 amide bonds. The predicted molar refractivity (Wildman–Crippen MR) is 147 cm³/mol. The number of ether oxygens (including phenoxy) is 4. The summed E-state index contributed by atoms with van der Waals surface area (Å²) in [6.45, 7) is 2.57. The molecule has 0 aliphatic heterocycles. The number of hydrogen-bond acceptors (Lipinski definition) is 6. The molecule has 0 aromatic heterocycles. The van der Waals surface area contributed by atoms with Gasteiger partial charge in [0.25, 0.3) is 5.91 Å². The second-order valence-electron chi connectivity index (χ2n) is 8.42. The first-order valence-electron chi connectivity index (χ1n) is 12.2. The third kappa shape index (κ3) is 7.86. The molecule has 4 rings (SSSR count). The molecular weight excluding hydrogens is 480 g/mol. The molecule has 0 saturated carbocycles. The Hall–Kier alpha value is -4.78. The van der Waals surface area contributed by atoms with E-state index in [0.717, 1.165) is 22.4 Å². The first kappa shape index (κ1) is 26.3. The molecule has 0 bridgehead atoms. The molecule has 0 aliphatic carbocycles. The van der Waals surface area contributed by atoms with E-state index in [1.54, 1.807) is 32.2 Å². The highest BCUT2D eigenvalue weighted by molar-refractivity contribution is 5.85. The lowest BCUT2D eigenvalue weighted by Crippen LogP contribution is -2.33. The van der Waals surface area contributed by atoms with Crippen molar-refractivity contribution in [2.24, 2.45) is 5.10 Å². The summed E-state index contributed by atoms with van der Waals surface area (Å²) in [7, 11) is 1.58. The molecule has 7 nitrogen and oxygen atoms in total. The maximum Gasteiger partial charge on any atom is 0.280 e. The van der Waals surface area contributed by atoms with Gasteiger partial charge in [-0.25, -0.2) is 5.43 Å². The second-order valence-corrected chi connectivity index (χ2v) is 8.42. The Balaban J connectivity index is 1.24. The second kappa shape index (κ2) is 13.5. The maximum absolute atomic E-state index is 12.4. The minimum atomic E-state index is -0.744. The molecule has 38 heavy (non-hydrogen) atoms. The molecule has 7 heteroatoms. The highest BCUT2D eigenvalue weighted by Crippen LogP contribution is 2.28. The van der Waals surface area contributed by atoms with Crippen LogP contribution in [0.1, 0.15) is 23.6 Å². The minimum absolute atomic E-state index is 0.375. The Morgan fingerprint density at radius 1 is 0.789 bits per heavy atom. The van der Waals surface area contributed by atoms with E-state index in [-0.39, 0.29) is 5.91 Å². The maximum atomic E-state index is 12.4. The number of benzene rings is 4. The van der Waals surface area contributed by atoms with Crippen molar-refractivity contribution < 1.29 is 23.7 Å². The van der Waals surface area contributed by atoms with Crippen molar-refractivity contribution in [3.63, 3.8) is 0 Å². The summed E-state index contributed by atoms with van der Waals surface area (Å²) in [5.74, 6) is 2.09. The lowest BCUT2D eigenvalue weighted by atomic mass is 10.2. The number of hydrazone groups is 1. The van der Waals surface area contributed by atoms with Gasteiger partial charge in [0.1, 0.15) is 24.7 Å². The molecule has 194 valence electrons. The van der Waals surface area contributed by atoms with Gasteiger partial charge in [0.15, 0.2) is 17.6 Å². The van der Waals surface area contributed by atoms with E-state index in [1.807, 2.05) is 84.9 Å². The molecule has 4 aromatic carbocycles. The van der Waals surface area contributed by atoms with Crippen LogP contribution in [0.4, 0.5) is 0 Å². The van der Waals surface area contributed by atoms with E-state index in [4.69, 9.17) is 18.9 Å². The zero-order valence-electron chi connectivity index (χ0n) is 21.4. The predicted octanol–water partition coefficient (Wildman–Crippen LogP) is 5.77. The van der Waals surface area contributed by atoms with Crippen LogP contribution in [0.25, 0.3) is 0 Å². The third-order valence-electron chi connectivity index (χ3n) is 5.57. The van der Waals surface area contributed by atoms with Crippen molar-refractivity contribution in [1.82, 2.24) is 5.43 Å². The van der Waals surface area contributed by atoms with Crippen molar-refractivity contribution in [2.75, 3.05) is 7.11 Å². The highest BCUT2D eigenvalue weighted by atomic mass is 16.5. The summed E-state index contributed by atoms with van der Waals surface area (Å²) >= 11 is 0. The van der Waals surface area contributed by atoms with Crippen LogP contribution in [-0.4, -0.2) is 25.3 Å². The van der Waals surface area contributed by atoms with Crippen molar-refractivity contribution in [3.05, 3.63) is 120 Å². The van der Waals surface area contributed by atoms with Crippen LogP contribution in [-0.2, 0) is 18.0 Å². The van der Waals surface area contributed by atoms with Gasteiger partial charge in [0, 0.05) is 0 Å². The molecule has 0 saturated heterocycles. The Morgan fingerprint density at radius 3 is 2.03 bits per heavy atom. The largest absolute Gasteiger partial charge is 0.493 e. The quantitative estimate of drug-likeness (QED) is 0.193. The van der Waals surface area contributed by atoms with Crippen LogP contribution in [0, 0.1) is 0 Å². The fraction of sp³-hybridized carbons (Fsp3) is 0.161. The molecule has 1 atom stereocenters. The lowest BCUT2D eigenvalue weighted by molar-refractivity contribution is -0.127. The standard InChI is InChI=1S/C31H30N2O5/c1-23(38-28-16-14-27(15-17-28)36-21-24-9-5-3-6-10-24)31(34)33-32-20-26-13-18-29(30(19-26)35-2)37-22-25-11-7-4-8-12-25/h3-20,23H,21-22H2,1-2H3,(H,33,34)/b32-20-/t23-/m1/s1. The van der Waals surface area contributed by atoms with E-state index in [1.165, 1.54) is 6.21 Å². The third-order valence-corrected chi connectivity index (χ3v) is 5.57. The van der Waals surface area contributed by atoms with Gasteiger partial charge < -0.3 is 18.9 Å².